The third kappa shape index (κ3) is 3.46. The molecule has 1 heterocycles. The van der Waals surface area contributed by atoms with E-state index >= 15 is 0 Å². The first-order chi connectivity index (χ1) is 9.41. The van der Waals surface area contributed by atoms with E-state index in [1.165, 1.54) is 17.5 Å². The predicted molar refractivity (Wildman–Crippen MR) is 86.0 cm³/mol. The third-order valence-corrected chi connectivity index (χ3v) is 6.02. The lowest BCUT2D eigenvalue weighted by Gasteiger charge is -2.24. The van der Waals surface area contributed by atoms with Gasteiger partial charge in [-0.2, -0.15) is 4.31 Å². The van der Waals surface area contributed by atoms with Gasteiger partial charge < -0.3 is 10.5 Å². The molecule has 1 saturated heterocycles. The normalized spacial score (nSPS) is 19.3. The summed E-state index contributed by atoms with van der Waals surface area (Å²) in [4.78, 5) is 0.226. The average molecular weight is 355 g/mol. The summed E-state index contributed by atoms with van der Waals surface area (Å²) in [6.45, 7) is 2.58. The van der Waals surface area contributed by atoms with Gasteiger partial charge in [0.2, 0.25) is 10.0 Å². The number of benzene rings is 1. The van der Waals surface area contributed by atoms with E-state index < -0.39 is 10.0 Å². The number of hydrogen-bond acceptors (Lipinski definition) is 4. The van der Waals surface area contributed by atoms with Crippen molar-refractivity contribution in [1.82, 2.24) is 4.31 Å². The van der Waals surface area contributed by atoms with Gasteiger partial charge in [0.25, 0.3) is 0 Å². The van der Waals surface area contributed by atoms with Gasteiger partial charge in [0.15, 0.2) is 0 Å². The van der Waals surface area contributed by atoms with Crippen LogP contribution in [0, 0.1) is 6.92 Å². The van der Waals surface area contributed by atoms with Gasteiger partial charge in [0.1, 0.15) is 5.75 Å². The number of halogens is 2. The van der Waals surface area contributed by atoms with Gasteiger partial charge in [0, 0.05) is 19.1 Å². The van der Waals surface area contributed by atoms with Crippen LogP contribution in [0.3, 0.4) is 0 Å². The highest BCUT2D eigenvalue weighted by Crippen LogP contribution is 2.33. The van der Waals surface area contributed by atoms with Crippen molar-refractivity contribution in [3.63, 3.8) is 0 Å². The van der Waals surface area contributed by atoms with Crippen LogP contribution in [-0.2, 0) is 10.0 Å². The summed E-state index contributed by atoms with van der Waals surface area (Å²) in [7, 11) is -2.07. The first-order valence-electron chi connectivity index (χ1n) is 6.48. The molecule has 8 heteroatoms. The summed E-state index contributed by atoms with van der Waals surface area (Å²) in [6, 6.07) is 2.97. The molecule has 120 valence electrons. The van der Waals surface area contributed by atoms with E-state index in [1.54, 1.807) is 13.0 Å². The summed E-state index contributed by atoms with van der Waals surface area (Å²) in [5, 5.41) is 0.292. The van der Waals surface area contributed by atoms with Gasteiger partial charge in [0.05, 0.1) is 17.0 Å². The van der Waals surface area contributed by atoms with Crippen LogP contribution in [0.15, 0.2) is 17.0 Å². The van der Waals surface area contributed by atoms with Crippen molar-refractivity contribution in [2.75, 3.05) is 20.2 Å². The standard InChI is InChI=1S/C13H19ClN2O3S.ClH/c1-9-6-12(19-2)11(14)7-13(9)20(17,18)16-5-3-4-10(16)8-15;/h6-7,10H,3-5,8,15H2,1-2H3;1H. The Hall–Kier alpha value is -0.530. The molecule has 1 aliphatic heterocycles. The minimum atomic E-state index is -3.56. The van der Waals surface area contributed by atoms with E-state index in [9.17, 15) is 8.42 Å². The topological polar surface area (TPSA) is 72.6 Å². The molecule has 0 amide bonds. The Morgan fingerprint density at radius 3 is 2.71 bits per heavy atom. The molecule has 1 atom stereocenters. The van der Waals surface area contributed by atoms with E-state index in [0.717, 1.165) is 12.8 Å². The van der Waals surface area contributed by atoms with Gasteiger partial charge in [-0.25, -0.2) is 8.42 Å². The number of aryl methyl sites for hydroxylation is 1. The summed E-state index contributed by atoms with van der Waals surface area (Å²) in [5.41, 5.74) is 6.28. The number of rotatable bonds is 4. The SMILES string of the molecule is COc1cc(C)c(S(=O)(=O)N2CCCC2CN)cc1Cl.Cl. The van der Waals surface area contributed by atoms with Crippen LogP contribution >= 0.6 is 24.0 Å². The molecule has 0 radical (unpaired) electrons. The average Bonchev–Trinajstić information content (AvgIpc) is 2.89. The van der Waals surface area contributed by atoms with Gasteiger partial charge in [-0.05, 0) is 37.5 Å². The molecule has 0 aromatic heterocycles. The van der Waals surface area contributed by atoms with Crippen molar-refractivity contribution < 1.29 is 13.2 Å². The second kappa shape index (κ2) is 7.15. The predicted octanol–water partition coefficient (Wildman–Crippen LogP) is 2.19. The number of ether oxygens (including phenoxy) is 1. The van der Waals surface area contributed by atoms with Crippen LogP contribution in [0.2, 0.25) is 5.02 Å². The zero-order valence-electron chi connectivity index (χ0n) is 12.0. The molecule has 1 fully saturated rings. The number of sulfonamides is 1. The molecule has 1 unspecified atom stereocenters. The molecule has 1 aliphatic rings. The van der Waals surface area contributed by atoms with Crippen molar-refractivity contribution in [2.24, 2.45) is 5.73 Å². The maximum atomic E-state index is 12.7. The molecule has 5 nitrogen and oxygen atoms in total. The summed E-state index contributed by atoms with van der Waals surface area (Å²) >= 11 is 6.05. The van der Waals surface area contributed by atoms with Gasteiger partial charge >= 0.3 is 0 Å². The Kier molecular flexibility index (Phi) is 6.31. The Morgan fingerprint density at radius 2 is 2.14 bits per heavy atom. The summed E-state index contributed by atoms with van der Waals surface area (Å²) in [5.74, 6) is 0.472. The van der Waals surface area contributed by atoms with E-state index in [1.807, 2.05) is 0 Å². The highest BCUT2D eigenvalue weighted by atomic mass is 35.5. The Balaban J connectivity index is 0.00000220. The third-order valence-electron chi connectivity index (χ3n) is 3.63. The molecular formula is C13H20Cl2N2O3S. The fraction of sp³-hybridized carbons (Fsp3) is 0.538. The maximum absolute atomic E-state index is 12.7. The summed E-state index contributed by atoms with van der Waals surface area (Å²) < 4.78 is 32.1. The monoisotopic (exact) mass is 354 g/mol. The van der Waals surface area contributed by atoms with Crippen molar-refractivity contribution in [2.45, 2.75) is 30.7 Å². The van der Waals surface area contributed by atoms with Gasteiger partial charge in [-0.15, -0.1) is 12.4 Å². The quantitative estimate of drug-likeness (QED) is 0.899. The summed E-state index contributed by atoms with van der Waals surface area (Å²) in [6.07, 6.45) is 1.64. The maximum Gasteiger partial charge on any atom is 0.243 e. The second-order valence-electron chi connectivity index (χ2n) is 4.90. The lowest BCUT2D eigenvalue weighted by Crippen LogP contribution is -2.40. The molecule has 21 heavy (non-hydrogen) atoms. The first kappa shape index (κ1) is 18.5. The lowest BCUT2D eigenvalue weighted by molar-refractivity contribution is 0.392. The van der Waals surface area contributed by atoms with Gasteiger partial charge in [-0.3, -0.25) is 0 Å². The largest absolute Gasteiger partial charge is 0.495 e. The van der Waals surface area contributed by atoms with Crippen molar-refractivity contribution in [3.8, 4) is 5.75 Å². The minimum Gasteiger partial charge on any atom is -0.495 e. The molecule has 0 aliphatic carbocycles. The molecular weight excluding hydrogens is 335 g/mol. The van der Waals surface area contributed by atoms with Crippen LogP contribution in [0.25, 0.3) is 0 Å². The van der Waals surface area contributed by atoms with Crippen molar-refractivity contribution in [3.05, 3.63) is 22.7 Å². The molecule has 1 aromatic rings. The Labute approximate surface area is 136 Å². The molecule has 2 N–H and O–H groups in total. The van der Waals surface area contributed by atoms with Crippen LogP contribution in [0.5, 0.6) is 5.75 Å². The van der Waals surface area contributed by atoms with Crippen LogP contribution in [-0.4, -0.2) is 39.0 Å². The van der Waals surface area contributed by atoms with E-state index in [4.69, 9.17) is 22.1 Å². The van der Waals surface area contributed by atoms with Crippen LogP contribution in [0.1, 0.15) is 18.4 Å². The molecule has 0 bridgehead atoms. The number of methoxy groups -OCH3 is 1. The Bertz CT molecular complexity index is 608. The van der Waals surface area contributed by atoms with E-state index in [0.29, 0.717) is 29.4 Å². The molecule has 2 rings (SSSR count). The highest BCUT2D eigenvalue weighted by Gasteiger charge is 2.35. The van der Waals surface area contributed by atoms with E-state index in [2.05, 4.69) is 0 Å². The van der Waals surface area contributed by atoms with Crippen LogP contribution in [0.4, 0.5) is 0 Å². The highest BCUT2D eigenvalue weighted by molar-refractivity contribution is 7.89. The zero-order chi connectivity index (χ0) is 14.9. The number of nitrogens with zero attached hydrogens (tertiary/aromatic N) is 1. The molecule has 0 spiro atoms. The molecule has 1 aromatic carbocycles. The minimum absolute atomic E-state index is 0. The molecule has 0 saturated carbocycles. The number of hydrogen-bond donors (Lipinski definition) is 1. The smallest absolute Gasteiger partial charge is 0.243 e. The lowest BCUT2D eigenvalue weighted by atomic mass is 10.2. The Morgan fingerprint density at radius 1 is 1.48 bits per heavy atom. The first-order valence-corrected chi connectivity index (χ1v) is 8.29. The zero-order valence-corrected chi connectivity index (χ0v) is 14.4. The van der Waals surface area contributed by atoms with Crippen LogP contribution < -0.4 is 10.5 Å². The van der Waals surface area contributed by atoms with Crippen molar-refractivity contribution >= 4 is 34.0 Å². The fourth-order valence-electron chi connectivity index (χ4n) is 2.56. The number of nitrogens with two attached hydrogens (primary N) is 1. The second-order valence-corrected chi connectivity index (χ2v) is 7.17. The van der Waals surface area contributed by atoms with E-state index in [-0.39, 0.29) is 23.3 Å². The van der Waals surface area contributed by atoms with Crippen molar-refractivity contribution in [1.29, 1.82) is 0 Å². The fourth-order valence-corrected chi connectivity index (χ4v) is 4.80. The van der Waals surface area contributed by atoms with Gasteiger partial charge in [-0.1, -0.05) is 11.6 Å².